The fourth-order valence-electron chi connectivity index (χ4n) is 14.0. The summed E-state index contributed by atoms with van der Waals surface area (Å²) in [7, 11) is 9.30. The molecule has 7 aromatic rings. The van der Waals surface area contributed by atoms with Crippen LogP contribution in [0.4, 0.5) is 0 Å². The molecule has 0 bridgehead atoms. The fraction of sp³-hybridized carbons (Fsp3) is 0.462. The first-order valence-corrected chi connectivity index (χ1v) is 36.3. The second-order valence-corrected chi connectivity index (χ2v) is 26.7. The molecule has 0 spiro atoms. The molecule has 5 fully saturated rings. The van der Waals surface area contributed by atoms with Gasteiger partial charge in [0.1, 0.15) is 102 Å². The lowest BCUT2D eigenvalue weighted by molar-refractivity contribution is -0.361. The van der Waals surface area contributed by atoms with Gasteiger partial charge in [-0.3, -0.25) is 0 Å². The van der Waals surface area contributed by atoms with Crippen LogP contribution in [-0.4, -0.2) is 179 Å². The number of methoxy groups -OCH3 is 6. The Bertz CT molecular complexity index is 4390. The molecule has 0 amide bonds. The van der Waals surface area contributed by atoms with E-state index in [0.717, 1.165) is 16.7 Å². The Morgan fingerprint density at radius 1 is 0.354 bits per heavy atom. The molecule has 1 saturated carbocycles. The van der Waals surface area contributed by atoms with Crippen molar-refractivity contribution in [2.24, 2.45) is 25.6 Å². The first-order valence-electron chi connectivity index (χ1n) is 36.3. The van der Waals surface area contributed by atoms with Crippen LogP contribution >= 0.6 is 0 Å². The van der Waals surface area contributed by atoms with Crippen molar-refractivity contribution in [3.05, 3.63) is 267 Å². The predicted octanol–water partition coefficient (Wildman–Crippen LogP) is 14.1. The van der Waals surface area contributed by atoms with E-state index in [9.17, 15) is 27.7 Å². The lowest BCUT2D eigenvalue weighted by Crippen LogP contribution is -2.65. The molecular formula is C78H87N15O20. The highest BCUT2D eigenvalue weighted by atomic mass is 16.8. The molecule has 0 N–H and O–H groups in total. The van der Waals surface area contributed by atoms with Crippen molar-refractivity contribution < 1.29 is 94.7 Å². The molecule has 4 heterocycles. The Kier molecular flexibility index (Phi) is 29.8. The molecule has 1 aliphatic carbocycles. The van der Waals surface area contributed by atoms with Crippen molar-refractivity contribution in [1.82, 2.24) is 0 Å². The Balaban J connectivity index is 0.971. The van der Waals surface area contributed by atoms with Gasteiger partial charge in [0.2, 0.25) is 0 Å². The second kappa shape index (κ2) is 41.2. The molecule has 0 aromatic heterocycles. The summed E-state index contributed by atoms with van der Waals surface area (Å²) in [5.74, 6) is 3.54. The van der Waals surface area contributed by atoms with E-state index in [1.807, 2.05) is 78.9 Å². The van der Waals surface area contributed by atoms with Crippen molar-refractivity contribution in [2.75, 3.05) is 62.4 Å². The summed E-state index contributed by atoms with van der Waals surface area (Å²) >= 11 is 0. The van der Waals surface area contributed by atoms with Gasteiger partial charge in [-0.1, -0.05) is 129 Å². The smallest absolute Gasteiger partial charge is 0.187 e. The SMILES string of the molecule is COc1ccc(COC[C@H]2O[C@@H](OC3C(OCc4ccc(OC)cc4)C(N=[N+]=[N-])CC(N=[N+]=[N-])C3OC3OC4COC(c5ccccc5)OC4C(OCc4ccc(OC)cc4)C3N=[N+]=[N-])C(OCc3ccc(OC)cc3)C2O[C@H]2OC(CN=[N+]=[N-])C(OCc3ccc(OC)cc3)C(OCc3ccc(OC)cc3)C2N=[N+]=[N-])cc1. The molecule has 17 unspecified atom stereocenters. The van der Waals surface area contributed by atoms with E-state index in [1.54, 1.807) is 133 Å². The topological polar surface area (TPSA) is 428 Å². The number of hydrogen-bond acceptors (Lipinski definition) is 25. The first kappa shape index (κ1) is 81.8. The Hall–Kier alpha value is -10.7. The van der Waals surface area contributed by atoms with E-state index in [-0.39, 0.29) is 65.8 Å². The van der Waals surface area contributed by atoms with Gasteiger partial charge in [-0.05, 0) is 140 Å². The molecule has 20 atom stereocenters. The molecule has 113 heavy (non-hydrogen) atoms. The molecule has 35 heteroatoms. The Labute approximate surface area is 650 Å². The van der Waals surface area contributed by atoms with Crippen molar-refractivity contribution in [2.45, 2.75) is 169 Å². The minimum Gasteiger partial charge on any atom is -0.497 e. The molecule has 4 saturated heterocycles. The van der Waals surface area contributed by atoms with Crippen molar-refractivity contribution >= 4 is 0 Å². The maximum atomic E-state index is 10.7. The van der Waals surface area contributed by atoms with Crippen LogP contribution in [0.1, 0.15) is 51.7 Å². The average molecular weight is 1550 g/mol. The van der Waals surface area contributed by atoms with Crippen LogP contribution in [0.15, 0.2) is 201 Å². The van der Waals surface area contributed by atoms with Crippen LogP contribution in [0.5, 0.6) is 34.5 Å². The maximum Gasteiger partial charge on any atom is 0.187 e. The number of nitrogens with zero attached hydrogens (tertiary/aromatic N) is 15. The summed E-state index contributed by atoms with van der Waals surface area (Å²) < 4.78 is 130. The number of benzene rings is 7. The van der Waals surface area contributed by atoms with E-state index in [1.165, 1.54) is 7.11 Å². The summed E-state index contributed by atoms with van der Waals surface area (Å²) in [5.41, 5.74) is 57.5. The number of fused-ring (bicyclic) bond motifs is 1. The summed E-state index contributed by atoms with van der Waals surface area (Å²) in [6.07, 6.45) is -21.1. The maximum absolute atomic E-state index is 10.7. The molecule has 35 nitrogen and oxygen atoms in total. The highest BCUT2D eigenvalue weighted by Crippen LogP contribution is 2.44. The summed E-state index contributed by atoms with van der Waals surface area (Å²) in [6.45, 7) is -1.11. The van der Waals surface area contributed by atoms with Gasteiger partial charge in [0, 0.05) is 30.1 Å². The molecule has 12 rings (SSSR count). The van der Waals surface area contributed by atoms with Gasteiger partial charge in [-0.15, -0.1) is 0 Å². The molecule has 7 aromatic carbocycles. The zero-order chi connectivity index (χ0) is 78.8. The molecule has 0 radical (unpaired) electrons. The molecular weight excluding hydrogens is 1470 g/mol. The van der Waals surface area contributed by atoms with E-state index in [4.69, 9.17) is 94.7 Å². The van der Waals surface area contributed by atoms with Crippen LogP contribution in [-0.2, 0) is 106 Å². The van der Waals surface area contributed by atoms with Gasteiger partial charge in [-0.25, -0.2) is 0 Å². The Morgan fingerprint density at radius 2 is 0.743 bits per heavy atom. The predicted molar refractivity (Wildman–Crippen MR) is 401 cm³/mol. The zero-order valence-electron chi connectivity index (χ0n) is 62.7. The highest BCUT2D eigenvalue weighted by molar-refractivity contribution is 5.32. The first-order chi connectivity index (χ1) is 55.5. The van der Waals surface area contributed by atoms with E-state index < -0.39 is 123 Å². The molecule has 594 valence electrons. The Morgan fingerprint density at radius 3 is 1.20 bits per heavy atom. The number of hydrogen-bond donors (Lipinski definition) is 0. The van der Waals surface area contributed by atoms with E-state index in [0.29, 0.717) is 56.8 Å². The second-order valence-electron chi connectivity index (χ2n) is 26.7. The highest BCUT2D eigenvalue weighted by Gasteiger charge is 2.59. The summed E-state index contributed by atoms with van der Waals surface area (Å²) in [4.78, 5) is 16.4. The van der Waals surface area contributed by atoms with Gasteiger partial charge < -0.3 is 94.7 Å². The lowest BCUT2D eigenvalue weighted by atomic mass is 9.83. The van der Waals surface area contributed by atoms with Crippen LogP contribution < -0.4 is 28.4 Å². The van der Waals surface area contributed by atoms with Crippen LogP contribution in [0.2, 0.25) is 0 Å². The number of rotatable bonds is 38. The van der Waals surface area contributed by atoms with Gasteiger partial charge in [0.25, 0.3) is 0 Å². The fourth-order valence-corrected chi connectivity index (χ4v) is 14.0. The number of azide groups is 5. The van der Waals surface area contributed by atoms with Crippen molar-refractivity contribution in [3.63, 3.8) is 0 Å². The van der Waals surface area contributed by atoms with Gasteiger partial charge in [0.15, 0.2) is 25.2 Å². The van der Waals surface area contributed by atoms with Gasteiger partial charge in [-0.2, -0.15) is 0 Å². The zero-order valence-corrected chi connectivity index (χ0v) is 62.7. The molecule has 5 aliphatic rings. The third kappa shape index (κ3) is 21.2. The monoisotopic (exact) mass is 1550 g/mol. The minimum atomic E-state index is -1.64. The van der Waals surface area contributed by atoms with Crippen LogP contribution in [0, 0.1) is 0 Å². The van der Waals surface area contributed by atoms with Crippen molar-refractivity contribution in [1.29, 1.82) is 0 Å². The normalized spacial score (nSPS) is 27.7. The molecule has 4 aliphatic heterocycles. The quantitative estimate of drug-likeness (QED) is 0.0197. The average Bonchev–Trinajstić information content (AvgIpc) is 1.72. The third-order valence-corrected chi connectivity index (χ3v) is 19.8. The van der Waals surface area contributed by atoms with Crippen LogP contribution in [0.25, 0.3) is 52.2 Å². The van der Waals surface area contributed by atoms with Gasteiger partial charge >= 0.3 is 0 Å². The van der Waals surface area contributed by atoms with E-state index >= 15 is 0 Å². The van der Waals surface area contributed by atoms with E-state index in [2.05, 4.69) is 50.1 Å². The third-order valence-electron chi connectivity index (χ3n) is 19.8. The number of ether oxygens (including phenoxy) is 20. The van der Waals surface area contributed by atoms with Crippen LogP contribution in [0.3, 0.4) is 0 Å². The standard InChI is InChI=1S/C78H87N15O20/c1-94-53-24-12-46(13-25-53)38-100-44-62-70(112-76-64(87-92-82)71(103-41-49-18-30-56(97-4)31-19-49)68(61(107-76)37-84-89-79)102-40-48-16-28-55(96-3)29-17-48)74(105-43-51-22-34-58(99-6)35-23-51)78(109-62)113-73-66(101-39-47-14-26-54(95-2)27-15-47)59(85-90-80)36-60(86-91-81)67(73)110-77-65(88-93-83)72(104-42-50-20-32-57(98-5)33-21-50)69-63(108-77)45-106-75(111-69)52-10-8-7-9-11-52/h7-35,59-78H,36-45H2,1-6H3/t59?,60?,61?,62-,63?,64?,65?,66?,67?,68?,69?,70?,71?,72?,73?,74?,75?,76-,77?,78+/m1/s1. The summed E-state index contributed by atoms with van der Waals surface area (Å²) in [5, 5.41) is 21.3. The lowest BCUT2D eigenvalue weighted by Gasteiger charge is -2.50. The minimum absolute atomic E-state index is 0.0222. The largest absolute Gasteiger partial charge is 0.497 e. The summed E-state index contributed by atoms with van der Waals surface area (Å²) in [6, 6.07) is 46.9. The van der Waals surface area contributed by atoms with Gasteiger partial charge in [0.05, 0.1) is 132 Å². The van der Waals surface area contributed by atoms with Crippen molar-refractivity contribution in [3.8, 4) is 34.5 Å².